The van der Waals surface area contributed by atoms with E-state index in [4.69, 9.17) is 23.2 Å². The molecular formula is C24H29Cl2N3O2S2. The summed E-state index contributed by atoms with van der Waals surface area (Å²) >= 11 is 15.5. The standard InChI is InChI=1S/C24H29Cl2N3O2S2/c1-29(17-24(33-28-31)12-5-2-6-13-24)14-15-32-22(16-30)18-8-3-4-11-21(18)27-23-19(25)9-7-10-20(23)26/h3-4,7-11,16,22,27H,2,5-6,12-15,17H2,1H3. The van der Waals surface area contributed by atoms with Crippen molar-refractivity contribution in [3.63, 3.8) is 0 Å². The van der Waals surface area contributed by atoms with Crippen molar-refractivity contribution in [2.24, 2.45) is 4.58 Å². The lowest BCUT2D eigenvalue weighted by molar-refractivity contribution is -0.107. The van der Waals surface area contributed by atoms with E-state index in [0.29, 0.717) is 15.7 Å². The van der Waals surface area contributed by atoms with E-state index in [0.717, 1.165) is 62.1 Å². The highest BCUT2D eigenvalue weighted by Gasteiger charge is 2.35. The van der Waals surface area contributed by atoms with Crippen LogP contribution in [0.25, 0.3) is 0 Å². The quantitative estimate of drug-likeness (QED) is 0.173. The van der Waals surface area contributed by atoms with Crippen LogP contribution in [-0.4, -0.2) is 41.8 Å². The number of para-hydroxylation sites is 2. The van der Waals surface area contributed by atoms with Gasteiger partial charge in [-0.2, -0.15) is 0 Å². The average Bonchev–Trinajstić information content (AvgIpc) is 2.80. The first kappa shape index (κ1) is 26.4. The van der Waals surface area contributed by atoms with Crippen LogP contribution in [0, 0.1) is 4.91 Å². The monoisotopic (exact) mass is 525 g/mol. The number of halogens is 2. The Bertz CT molecular complexity index is 921. The zero-order chi connectivity index (χ0) is 23.7. The highest BCUT2D eigenvalue weighted by Crippen LogP contribution is 2.41. The highest BCUT2D eigenvalue weighted by atomic mass is 35.5. The summed E-state index contributed by atoms with van der Waals surface area (Å²) < 4.78 is 3.09. The van der Waals surface area contributed by atoms with Gasteiger partial charge in [-0.05, 0) is 43.7 Å². The van der Waals surface area contributed by atoms with Gasteiger partial charge >= 0.3 is 0 Å². The zero-order valence-corrected chi connectivity index (χ0v) is 21.8. The SMILES string of the molecule is CN(CCSC(C=O)c1ccccc1Nc1c(Cl)cccc1Cl)CC1(SN=O)CCCCC1. The average molecular weight is 527 g/mol. The number of nitrogens with zero attached hydrogens (tertiary/aromatic N) is 2. The molecule has 9 heteroatoms. The molecule has 1 fully saturated rings. The van der Waals surface area contributed by atoms with Gasteiger partial charge in [0.05, 0.1) is 25.7 Å². The number of rotatable bonds is 12. The molecule has 0 aliphatic heterocycles. The van der Waals surface area contributed by atoms with E-state index in [1.807, 2.05) is 24.3 Å². The molecule has 0 aromatic heterocycles. The fraction of sp³-hybridized carbons (Fsp3) is 0.458. The molecule has 33 heavy (non-hydrogen) atoms. The number of benzene rings is 2. The van der Waals surface area contributed by atoms with Crippen molar-refractivity contribution in [2.75, 3.05) is 31.2 Å². The summed E-state index contributed by atoms with van der Waals surface area (Å²) in [7, 11) is 2.08. The number of aldehydes is 1. The van der Waals surface area contributed by atoms with Crippen LogP contribution in [0.1, 0.15) is 42.9 Å². The molecule has 0 saturated heterocycles. The van der Waals surface area contributed by atoms with Crippen LogP contribution in [0.15, 0.2) is 47.0 Å². The molecule has 0 spiro atoms. The number of thioether (sulfide) groups is 1. The number of carbonyl (C=O) groups excluding carboxylic acids is 1. The molecule has 1 saturated carbocycles. The Labute approximate surface area is 214 Å². The maximum absolute atomic E-state index is 12.0. The summed E-state index contributed by atoms with van der Waals surface area (Å²) in [5, 5.41) is 4.03. The van der Waals surface area contributed by atoms with Gasteiger partial charge in [0.25, 0.3) is 0 Å². The summed E-state index contributed by atoms with van der Waals surface area (Å²) in [6.07, 6.45) is 6.57. The Kier molecular flexibility index (Phi) is 10.4. The number of anilines is 2. The fourth-order valence-corrected chi connectivity index (χ4v) is 6.81. The van der Waals surface area contributed by atoms with E-state index in [1.165, 1.54) is 18.4 Å². The predicted molar refractivity (Wildman–Crippen MR) is 144 cm³/mol. The Hall–Kier alpha value is -1.25. The van der Waals surface area contributed by atoms with Gasteiger partial charge in [0, 0.05) is 41.1 Å². The zero-order valence-electron chi connectivity index (χ0n) is 18.6. The Morgan fingerprint density at radius 1 is 1.12 bits per heavy atom. The Morgan fingerprint density at radius 2 is 1.82 bits per heavy atom. The van der Waals surface area contributed by atoms with Crippen molar-refractivity contribution in [3.05, 3.63) is 63.0 Å². The normalized spacial score (nSPS) is 16.4. The Balaban J connectivity index is 1.62. The van der Waals surface area contributed by atoms with E-state index < -0.39 is 0 Å². The minimum Gasteiger partial charge on any atom is -0.353 e. The van der Waals surface area contributed by atoms with Gasteiger partial charge in [-0.25, -0.2) is 0 Å². The predicted octanol–water partition coefficient (Wildman–Crippen LogP) is 7.76. The second-order valence-electron chi connectivity index (χ2n) is 8.38. The van der Waals surface area contributed by atoms with Gasteiger partial charge in [-0.1, -0.05) is 66.7 Å². The maximum Gasteiger partial charge on any atom is 0.137 e. The van der Waals surface area contributed by atoms with E-state index in [1.54, 1.807) is 30.0 Å². The van der Waals surface area contributed by atoms with Crippen LogP contribution >= 0.6 is 46.9 Å². The summed E-state index contributed by atoms with van der Waals surface area (Å²) in [6.45, 7) is 1.65. The summed E-state index contributed by atoms with van der Waals surface area (Å²) in [4.78, 5) is 25.3. The first-order chi connectivity index (χ1) is 16.0. The molecule has 5 nitrogen and oxygen atoms in total. The van der Waals surface area contributed by atoms with Crippen molar-refractivity contribution in [3.8, 4) is 0 Å². The molecule has 0 bridgehead atoms. The van der Waals surface area contributed by atoms with Gasteiger partial charge in [0.2, 0.25) is 0 Å². The van der Waals surface area contributed by atoms with Crippen molar-refractivity contribution in [2.45, 2.75) is 42.1 Å². The molecule has 178 valence electrons. The molecule has 3 rings (SSSR count). The third kappa shape index (κ3) is 7.36. The van der Waals surface area contributed by atoms with Crippen LogP contribution in [0.3, 0.4) is 0 Å². The van der Waals surface area contributed by atoms with Crippen molar-refractivity contribution in [1.82, 2.24) is 4.90 Å². The third-order valence-corrected chi connectivity index (χ3v) is 8.71. The molecule has 0 amide bonds. The van der Waals surface area contributed by atoms with Gasteiger partial charge in [-0.15, -0.1) is 16.7 Å². The summed E-state index contributed by atoms with van der Waals surface area (Å²) in [5.74, 6) is 0.788. The molecule has 2 aromatic carbocycles. The number of nitrogens with one attached hydrogen (secondary N) is 1. The molecule has 1 aliphatic carbocycles. The molecule has 2 aromatic rings. The first-order valence-corrected chi connectivity index (χ1v) is 13.6. The van der Waals surface area contributed by atoms with Crippen molar-refractivity contribution < 1.29 is 4.79 Å². The molecule has 0 heterocycles. The van der Waals surface area contributed by atoms with Crippen LogP contribution in [0.2, 0.25) is 10.0 Å². The lowest BCUT2D eigenvalue weighted by Crippen LogP contribution is -2.41. The summed E-state index contributed by atoms with van der Waals surface area (Å²) in [6, 6.07) is 13.1. The number of carbonyl (C=O) groups is 1. The number of hydrogen-bond acceptors (Lipinski definition) is 7. The minimum absolute atomic E-state index is 0.0752. The van der Waals surface area contributed by atoms with E-state index in [-0.39, 0.29) is 10.00 Å². The molecule has 1 aliphatic rings. The van der Waals surface area contributed by atoms with Gasteiger partial charge < -0.3 is 15.0 Å². The van der Waals surface area contributed by atoms with Gasteiger partial charge in [-0.3, -0.25) is 0 Å². The second kappa shape index (κ2) is 13.0. The fourth-order valence-electron chi connectivity index (χ4n) is 4.27. The number of hydrogen-bond donors (Lipinski definition) is 1. The van der Waals surface area contributed by atoms with Crippen LogP contribution < -0.4 is 5.32 Å². The Morgan fingerprint density at radius 3 is 2.48 bits per heavy atom. The maximum atomic E-state index is 12.0. The minimum atomic E-state index is -0.321. The lowest BCUT2D eigenvalue weighted by Gasteiger charge is -2.37. The topological polar surface area (TPSA) is 61.8 Å². The van der Waals surface area contributed by atoms with Crippen LogP contribution in [-0.2, 0) is 4.79 Å². The largest absolute Gasteiger partial charge is 0.353 e. The summed E-state index contributed by atoms with van der Waals surface area (Å²) in [5.41, 5.74) is 2.32. The molecule has 1 atom stereocenters. The van der Waals surface area contributed by atoms with E-state index in [9.17, 15) is 9.70 Å². The van der Waals surface area contributed by atoms with Crippen LogP contribution in [0.4, 0.5) is 11.4 Å². The lowest BCUT2D eigenvalue weighted by atomic mass is 9.88. The van der Waals surface area contributed by atoms with Crippen LogP contribution in [0.5, 0.6) is 0 Å². The van der Waals surface area contributed by atoms with Gasteiger partial charge in [0.15, 0.2) is 0 Å². The van der Waals surface area contributed by atoms with E-state index in [2.05, 4.69) is 21.8 Å². The molecule has 1 unspecified atom stereocenters. The highest BCUT2D eigenvalue weighted by molar-refractivity contribution is 8.00. The first-order valence-electron chi connectivity index (χ1n) is 11.0. The third-order valence-electron chi connectivity index (χ3n) is 5.94. The number of nitroso groups, excluding NO2 is 1. The van der Waals surface area contributed by atoms with Gasteiger partial charge in [0.1, 0.15) is 6.29 Å². The smallest absolute Gasteiger partial charge is 0.137 e. The second-order valence-corrected chi connectivity index (χ2v) is 11.6. The molecule has 0 radical (unpaired) electrons. The molecular weight excluding hydrogens is 497 g/mol. The van der Waals surface area contributed by atoms with Crippen molar-refractivity contribution >= 4 is 64.6 Å². The van der Waals surface area contributed by atoms with E-state index >= 15 is 0 Å². The molecule has 1 N–H and O–H groups in total. The van der Waals surface area contributed by atoms with Crippen molar-refractivity contribution in [1.29, 1.82) is 0 Å².